The lowest BCUT2D eigenvalue weighted by Gasteiger charge is -2.45. The molecule has 1 fully saturated rings. The molecule has 1 unspecified atom stereocenters. The Kier molecular flexibility index (Phi) is 3.98. The minimum absolute atomic E-state index is 0.354. The van der Waals surface area contributed by atoms with E-state index in [0.29, 0.717) is 5.41 Å². The molecule has 0 radical (unpaired) electrons. The predicted octanol–water partition coefficient (Wildman–Crippen LogP) is 3.41. The van der Waals surface area contributed by atoms with Gasteiger partial charge in [0.05, 0.1) is 5.60 Å². The molecule has 19 heavy (non-hydrogen) atoms. The van der Waals surface area contributed by atoms with Crippen molar-refractivity contribution in [3.63, 3.8) is 0 Å². The van der Waals surface area contributed by atoms with E-state index in [-0.39, 0.29) is 0 Å². The highest BCUT2D eigenvalue weighted by Crippen LogP contribution is 2.47. The Bertz CT molecular complexity index is 415. The minimum Gasteiger partial charge on any atom is -0.385 e. The summed E-state index contributed by atoms with van der Waals surface area (Å²) in [4.78, 5) is 4.27. The van der Waals surface area contributed by atoms with Crippen molar-refractivity contribution >= 4 is 0 Å². The summed E-state index contributed by atoms with van der Waals surface area (Å²) in [6.45, 7) is 6.52. The van der Waals surface area contributed by atoms with Crippen LogP contribution in [0.3, 0.4) is 0 Å². The van der Waals surface area contributed by atoms with Gasteiger partial charge in [0.2, 0.25) is 0 Å². The Labute approximate surface area is 116 Å². The van der Waals surface area contributed by atoms with Gasteiger partial charge in [-0.1, -0.05) is 19.9 Å². The van der Waals surface area contributed by atoms with Crippen molar-refractivity contribution in [1.29, 1.82) is 0 Å². The number of methoxy groups -OCH3 is 1. The van der Waals surface area contributed by atoms with Crippen molar-refractivity contribution < 1.29 is 9.84 Å². The lowest BCUT2D eigenvalue weighted by molar-refractivity contribution is -0.138. The zero-order valence-corrected chi connectivity index (χ0v) is 12.4. The molecular formula is C16H25NO2. The summed E-state index contributed by atoms with van der Waals surface area (Å²) in [5.74, 6) is 0. The number of aromatic nitrogens is 1. The van der Waals surface area contributed by atoms with Gasteiger partial charge < -0.3 is 9.84 Å². The molecule has 0 bridgehead atoms. The molecule has 1 N–H and O–H groups in total. The van der Waals surface area contributed by atoms with Gasteiger partial charge >= 0.3 is 0 Å². The molecule has 0 spiro atoms. The molecule has 3 heteroatoms. The van der Waals surface area contributed by atoms with Gasteiger partial charge in [0, 0.05) is 24.6 Å². The van der Waals surface area contributed by atoms with Crippen LogP contribution < -0.4 is 0 Å². The smallest absolute Gasteiger partial charge is 0.109 e. The van der Waals surface area contributed by atoms with Crippen LogP contribution in [0.5, 0.6) is 0 Å². The third-order valence-corrected chi connectivity index (χ3v) is 4.60. The number of hydrogen-bond donors (Lipinski definition) is 1. The third-order valence-electron chi connectivity index (χ3n) is 4.60. The number of hydrogen-bond acceptors (Lipinski definition) is 3. The Balaban J connectivity index is 2.19. The number of ether oxygens (including phenoxy) is 1. The first-order chi connectivity index (χ1) is 8.88. The monoisotopic (exact) mass is 263 g/mol. The van der Waals surface area contributed by atoms with Gasteiger partial charge in [-0.15, -0.1) is 0 Å². The second kappa shape index (κ2) is 5.22. The van der Waals surface area contributed by atoms with E-state index < -0.39 is 11.7 Å². The first kappa shape index (κ1) is 14.5. The van der Waals surface area contributed by atoms with Gasteiger partial charge in [-0.3, -0.25) is 4.98 Å². The maximum atomic E-state index is 10.7. The Morgan fingerprint density at radius 1 is 1.21 bits per heavy atom. The molecule has 1 aliphatic carbocycles. The molecule has 0 saturated heterocycles. The van der Waals surface area contributed by atoms with Crippen LogP contribution in [-0.4, -0.2) is 22.8 Å². The molecule has 0 aliphatic heterocycles. The van der Waals surface area contributed by atoms with Crippen LogP contribution in [0, 0.1) is 12.3 Å². The van der Waals surface area contributed by atoms with Crippen molar-refractivity contribution in [3.05, 3.63) is 29.6 Å². The highest BCUT2D eigenvalue weighted by molar-refractivity contribution is 5.19. The van der Waals surface area contributed by atoms with Gasteiger partial charge in [0.1, 0.15) is 6.10 Å². The minimum atomic E-state index is -0.596. The Hall–Kier alpha value is -0.930. The molecule has 1 aromatic rings. The van der Waals surface area contributed by atoms with E-state index in [1.807, 2.05) is 19.1 Å². The lowest BCUT2D eigenvalue weighted by atomic mass is 9.68. The quantitative estimate of drug-likeness (QED) is 0.908. The van der Waals surface area contributed by atoms with Crippen molar-refractivity contribution in [2.75, 3.05) is 7.11 Å². The number of aryl methyl sites for hydroxylation is 1. The first-order valence-electron chi connectivity index (χ1n) is 7.04. The zero-order valence-electron chi connectivity index (χ0n) is 12.4. The van der Waals surface area contributed by atoms with Gasteiger partial charge in [-0.2, -0.15) is 0 Å². The second-order valence-electron chi connectivity index (χ2n) is 6.57. The van der Waals surface area contributed by atoms with Gasteiger partial charge in [-0.05, 0) is 44.1 Å². The van der Waals surface area contributed by atoms with Crippen molar-refractivity contribution in [2.24, 2.45) is 5.41 Å². The van der Waals surface area contributed by atoms with Crippen LogP contribution in [0.1, 0.15) is 56.9 Å². The number of rotatable bonds is 3. The summed E-state index contributed by atoms with van der Waals surface area (Å²) in [6, 6.07) is 3.89. The van der Waals surface area contributed by atoms with E-state index in [2.05, 4.69) is 18.8 Å². The van der Waals surface area contributed by atoms with Crippen LogP contribution in [0.25, 0.3) is 0 Å². The normalized spacial score (nSPS) is 23.0. The second-order valence-corrected chi connectivity index (χ2v) is 6.57. The molecule has 1 aromatic heterocycles. The summed E-state index contributed by atoms with van der Waals surface area (Å²) in [6.07, 6.45) is 5.12. The largest absolute Gasteiger partial charge is 0.385 e. The van der Waals surface area contributed by atoms with Crippen LogP contribution in [0.4, 0.5) is 0 Å². The van der Waals surface area contributed by atoms with E-state index >= 15 is 0 Å². The molecule has 2 rings (SSSR count). The number of nitrogens with zero attached hydrogens (tertiary/aromatic N) is 1. The molecule has 1 atom stereocenters. The summed E-state index contributed by atoms with van der Waals surface area (Å²) in [5.41, 5.74) is 1.72. The molecule has 3 nitrogen and oxygen atoms in total. The molecule has 1 aliphatic rings. The summed E-state index contributed by atoms with van der Waals surface area (Å²) in [7, 11) is 1.71. The van der Waals surface area contributed by atoms with Gasteiger partial charge in [0.15, 0.2) is 0 Å². The standard InChI is InChI=1S/C16H25NO2/c1-12-5-6-13(11-17-12)14(18)16(19-4)9-7-15(2,3)8-10-16/h5-6,11,14,18H,7-10H2,1-4H3. The summed E-state index contributed by atoms with van der Waals surface area (Å²) < 4.78 is 5.74. The van der Waals surface area contributed by atoms with Crippen molar-refractivity contribution in [1.82, 2.24) is 4.98 Å². The maximum Gasteiger partial charge on any atom is 0.109 e. The number of pyridine rings is 1. The van der Waals surface area contributed by atoms with E-state index in [0.717, 1.165) is 36.9 Å². The molecule has 106 valence electrons. The SMILES string of the molecule is COC1(C(O)c2ccc(C)nc2)CCC(C)(C)CC1. The van der Waals surface area contributed by atoms with Crippen molar-refractivity contribution in [3.8, 4) is 0 Å². The highest BCUT2D eigenvalue weighted by atomic mass is 16.5. The topological polar surface area (TPSA) is 42.4 Å². The fourth-order valence-electron chi connectivity index (χ4n) is 2.88. The van der Waals surface area contributed by atoms with Crippen LogP contribution in [-0.2, 0) is 4.74 Å². The zero-order chi connectivity index (χ0) is 14.1. The first-order valence-corrected chi connectivity index (χ1v) is 7.04. The van der Waals surface area contributed by atoms with Gasteiger partial charge in [-0.25, -0.2) is 0 Å². The molecule has 0 aromatic carbocycles. The number of aliphatic hydroxyl groups is 1. The summed E-state index contributed by atoms with van der Waals surface area (Å²) in [5, 5.41) is 10.7. The number of aliphatic hydroxyl groups excluding tert-OH is 1. The van der Waals surface area contributed by atoms with Crippen LogP contribution in [0.2, 0.25) is 0 Å². The third kappa shape index (κ3) is 2.98. The van der Waals surface area contributed by atoms with E-state index in [9.17, 15) is 5.11 Å². The molecule has 1 saturated carbocycles. The van der Waals surface area contributed by atoms with Crippen LogP contribution >= 0.6 is 0 Å². The van der Waals surface area contributed by atoms with E-state index in [1.54, 1.807) is 13.3 Å². The maximum absolute atomic E-state index is 10.7. The molecule has 0 amide bonds. The van der Waals surface area contributed by atoms with Crippen molar-refractivity contribution in [2.45, 2.75) is 58.2 Å². The lowest BCUT2D eigenvalue weighted by Crippen LogP contribution is -2.44. The average Bonchev–Trinajstić information content (AvgIpc) is 2.40. The molecule has 1 heterocycles. The van der Waals surface area contributed by atoms with E-state index in [1.165, 1.54) is 0 Å². The fraction of sp³-hybridized carbons (Fsp3) is 0.688. The Morgan fingerprint density at radius 3 is 2.32 bits per heavy atom. The average molecular weight is 263 g/mol. The fourth-order valence-corrected chi connectivity index (χ4v) is 2.88. The van der Waals surface area contributed by atoms with E-state index in [4.69, 9.17) is 4.74 Å². The molecular weight excluding hydrogens is 238 g/mol. The summed E-state index contributed by atoms with van der Waals surface area (Å²) >= 11 is 0. The van der Waals surface area contributed by atoms with Gasteiger partial charge in [0.25, 0.3) is 0 Å². The highest BCUT2D eigenvalue weighted by Gasteiger charge is 2.44. The van der Waals surface area contributed by atoms with Crippen LogP contribution in [0.15, 0.2) is 18.3 Å². The Morgan fingerprint density at radius 2 is 1.84 bits per heavy atom. The predicted molar refractivity (Wildman–Crippen MR) is 75.9 cm³/mol.